The van der Waals surface area contributed by atoms with Crippen LogP contribution in [-0.2, 0) is 26.6 Å². The first-order valence-electron chi connectivity index (χ1n) is 6.92. The smallest absolute Gasteiger partial charge is 0.240 e. The van der Waals surface area contributed by atoms with Crippen molar-refractivity contribution in [1.29, 1.82) is 0 Å². The number of hydrogen-bond acceptors (Lipinski definition) is 3. The van der Waals surface area contributed by atoms with Gasteiger partial charge in [-0.2, -0.15) is 0 Å². The van der Waals surface area contributed by atoms with Gasteiger partial charge < -0.3 is 0 Å². The van der Waals surface area contributed by atoms with Crippen LogP contribution in [0, 0.1) is 6.92 Å². The van der Waals surface area contributed by atoms with E-state index >= 15 is 0 Å². The van der Waals surface area contributed by atoms with E-state index in [0.717, 1.165) is 11.1 Å². The van der Waals surface area contributed by atoms with Crippen molar-refractivity contribution in [2.75, 3.05) is 12.3 Å². The lowest BCUT2D eigenvalue weighted by molar-refractivity contribution is 0.584. The van der Waals surface area contributed by atoms with Crippen molar-refractivity contribution in [1.82, 2.24) is 4.72 Å². The number of aryl methyl sites for hydroxylation is 1. The maximum absolute atomic E-state index is 12.1. The SMILES string of the molecule is Cc1ccc(S(=O)(=O)NCC[S@@](=O)Cc2ccccc2)cc1. The molecule has 0 aliphatic heterocycles. The zero-order valence-corrected chi connectivity index (χ0v) is 14.0. The lowest BCUT2D eigenvalue weighted by atomic mass is 10.2. The van der Waals surface area contributed by atoms with E-state index in [9.17, 15) is 12.6 Å². The average Bonchev–Trinajstić information content (AvgIpc) is 2.48. The largest absolute Gasteiger partial charge is 0.259 e. The molecule has 0 bridgehead atoms. The van der Waals surface area contributed by atoms with Crippen molar-refractivity contribution < 1.29 is 12.6 Å². The predicted octanol–water partition coefficient (Wildman–Crippen LogP) is 2.22. The summed E-state index contributed by atoms with van der Waals surface area (Å²) in [5.41, 5.74) is 1.99. The van der Waals surface area contributed by atoms with E-state index < -0.39 is 20.8 Å². The Morgan fingerprint density at radius 3 is 2.27 bits per heavy atom. The minimum absolute atomic E-state index is 0.162. The summed E-state index contributed by atoms with van der Waals surface area (Å²) in [5.74, 6) is 0.729. The number of rotatable bonds is 7. The van der Waals surface area contributed by atoms with Gasteiger partial charge in [-0.3, -0.25) is 4.21 Å². The van der Waals surface area contributed by atoms with Gasteiger partial charge in [0.2, 0.25) is 10.0 Å². The Morgan fingerprint density at radius 1 is 1.00 bits per heavy atom. The van der Waals surface area contributed by atoms with Crippen LogP contribution in [0.25, 0.3) is 0 Å². The lowest BCUT2D eigenvalue weighted by Gasteiger charge is -2.07. The highest BCUT2D eigenvalue weighted by Crippen LogP contribution is 2.09. The van der Waals surface area contributed by atoms with E-state index in [-0.39, 0.29) is 11.4 Å². The molecule has 0 unspecified atom stereocenters. The third kappa shape index (κ3) is 5.05. The highest BCUT2D eigenvalue weighted by Gasteiger charge is 2.13. The Hall–Kier alpha value is -1.50. The molecule has 0 saturated heterocycles. The maximum atomic E-state index is 12.1. The molecule has 0 radical (unpaired) electrons. The molecule has 0 aliphatic rings. The molecule has 0 aromatic heterocycles. The summed E-state index contributed by atoms with van der Waals surface area (Å²) >= 11 is 0. The predicted molar refractivity (Wildman–Crippen MR) is 89.5 cm³/mol. The number of benzene rings is 2. The standard InChI is InChI=1S/C16H19NO3S2/c1-14-7-9-16(10-8-14)22(19,20)17-11-12-21(18)13-15-5-3-2-4-6-15/h2-10,17H,11-13H2,1H3/t21-/m1/s1. The average molecular weight is 337 g/mol. The molecule has 4 nitrogen and oxygen atoms in total. The molecule has 22 heavy (non-hydrogen) atoms. The second-order valence-corrected chi connectivity index (χ2v) is 8.33. The summed E-state index contributed by atoms with van der Waals surface area (Å²) in [5, 5.41) is 0. The summed E-state index contributed by atoms with van der Waals surface area (Å²) in [7, 11) is -4.62. The summed E-state index contributed by atoms with van der Waals surface area (Å²) in [6.45, 7) is 2.06. The topological polar surface area (TPSA) is 63.2 Å². The molecule has 0 saturated carbocycles. The molecule has 2 aromatic carbocycles. The first-order chi connectivity index (χ1) is 10.5. The molecule has 0 amide bonds. The van der Waals surface area contributed by atoms with Crippen molar-refractivity contribution >= 4 is 20.8 Å². The highest BCUT2D eigenvalue weighted by atomic mass is 32.2. The Labute approximate surface area is 134 Å². The second kappa shape index (κ2) is 7.67. The van der Waals surface area contributed by atoms with Crippen LogP contribution < -0.4 is 4.72 Å². The Balaban J connectivity index is 1.85. The van der Waals surface area contributed by atoms with Crippen LogP contribution in [0.2, 0.25) is 0 Å². The second-order valence-electron chi connectivity index (χ2n) is 4.98. The maximum Gasteiger partial charge on any atom is 0.240 e. The van der Waals surface area contributed by atoms with E-state index in [2.05, 4.69) is 4.72 Å². The Morgan fingerprint density at radius 2 is 1.64 bits per heavy atom. The number of sulfonamides is 1. The third-order valence-corrected chi connectivity index (χ3v) is 5.92. The molecular formula is C16H19NO3S2. The number of hydrogen-bond donors (Lipinski definition) is 1. The van der Waals surface area contributed by atoms with Gasteiger partial charge >= 0.3 is 0 Å². The Bertz CT molecular complexity index is 726. The minimum atomic E-state index is -3.53. The molecule has 0 heterocycles. The van der Waals surface area contributed by atoms with Crippen molar-refractivity contribution in [2.24, 2.45) is 0 Å². The molecule has 0 spiro atoms. The van der Waals surface area contributed by atoms with Crippen molar-refractivity contribution in [3.63, 3.8) is 0 Å². The first kappa shape index (κ1) is 16.9. The fraction of sp³-hybridized carbons (Fsp3) is 0.250. The van der Waals surface area contributed by atoms with Gasteiger partial charge in [0.25, 0.3) is 0 Å². The fourth-order valence-corrected chi connectivity index (χ4v) is 4.12. The van der Waals surface area contributed by atoms with Crippen LogP contribution in [0.4, 0.5) is 0 Å². The summed E-state index contributed by atoms with van der Waals surface area (Å²) in [6.07, 6.45) is 0. The van der Waals surface area contributed by atoms with E-state index in [0.29, 0.717) is 11.5 Å². The van der Waals surface area contributed by atoms with Gasteiger partial charge in [0, 0.05) is 28.9 Å². The first-order valence-corrected chi connectivity index (χ1v) is 9.90. The fourth-order valence-electron chi connectivity index (χ4n) is 1.92. The molecule has 6 heteroatoms. The molecule has 1 N–H and O–H groups in total. The van der Waals surface area contributed by atoms with E-state index in [1.165, 1.54) is 0 Å². The monoisotopic (exact) mass is 337 g/mol. The van der Waals surface area contributed by atoms with Crippen LogP contribution in [0.3, 0.4) is 0 Å². The summed E-state index contributed by atoms with van der Waals surface area (Å²) in [6, 6.07) is 16.2. The van der Waals surface area contributed by atoms with Crippen molar-refractivity contribution in [3.8, 4) is 0 Å². The van der Waals surface area contributed by atoms with Crippen LogP contribution in [0.5, 0.6) is 0 Å². The van der Waals surface area contributed by atoms with Crippen molar-refractivity contribution in [3.05, 3.63) is 65.7 Å². The molecule has 0 fully saturated rings. The quantitative estimate of drug-likeness (QED) is 0.843. The lowest BCUT2D eigenvalue weighted by Crippen LogP contribution is -2.28. The van der Waals surface area contributed by atoms with Crippen LogP contribution in [0.1, 0.15) is 11.1 Å². The molecular weight excluding hydrogens is 318 g/mol. The molecule has 2 aromatic rings. The van der Waals surface area contributed by atoms with E-state index in [1.54, 1.807) is 24.3 Å². The summed E-state index contributed by atoms with van der Waals surface area (Å²) in [4.78, 5) is 0.229. The van der Waals surface area contributed by atoms with Crippen LogP contribution in [-0.4, -0.2) is 24.9 Å². The van der Waals surface area contributed by atoms with Crippen LogP contribution in [0.15, 0.2) is 59.5 Å². The molecule has 2 rings (SSSR count). The van der Waals surface area contributed by atoms with Gasteiger partial charge in [-0.25, -0.2) is 13.1 Å². The third-order valence-electron chi connectivity index (χ3n) is 3.12. The van der Waals surface area contributed by atoms with E-state index in [1.807, 2.05) is 37.3 Å². The van der Waals surface area contributed by atoms with Crippen LogP contribution >= 0.6 is 0 Å². The minimum Gasteiger partial charge on any atom is -0.259 e. The van der Waals surface area contributed by atoms with E-state index in [4.69, 9.17) is 0 Å². The van der Waals surface area contributed by atoms with Gasteiger partial charge in [0.05, 0.1) is 4.90 Å². The Kier molecular flexibility index (Phi) is 5.88. The molecule has 0 aliphatic carbocycles. The zero-order chi connectivity index (χ0) is 16.0. The van der Waals surface area contributed by atoms with Gasteiger partial charge in [-0.15, -0.1) is 0 Å². The highest BCUT2D eigenvalue weighted by molar-refractivity contribution is 7.89. The van der Waals surface area contributed by atoms with Gasteiger partial charge in [-0.1, -0.05) is 48.0 Å². The van der Waals surface area contributed by atoms with Gasteiger partial charge in [-0.05, 0) is 24.6 Å². The number of nitrogens with one attached hydrogen (secondary N) is 1. The molecule has 118 valence electrons. The summed E-state index contributed by atoms with van der Waals surface area (Å²) < 4.78 is 38.6. The van der Waals surface area contributed by atoms with Gasteiger partial charge in [0.15, 0.2) is 0 Å². The van der Waals surface area contributed by atoms with Gasteiger partial charge in [0.1, 0.15) is 0 Å². The normalized spacial score (nSPS) is 13.0. The zero-order valence-electron chi connectivity index (χ0n) is 12.4. The molecule has 1 atom stereocenters. The van der Waals surface area contributed by atoms with Crippen molar-refractivity contribution in [2.45, 2.75) is 17.6 Å².